The Morgan fingerprint density at radius 1 is 1.06 bits per heavy atom. The maximum atomic E-state index is 12.2. The highest BCUT2D eigenvalue weighted by Crippen LogP contribution is 2.37. The van der Waals surface area contributed by atoms with Crippen LogP contribution < -0.4 is 26.0 Å². The molecule has 0 saturated heterocycles. The van der Waals surface area contributed by atoms with Gasteiger partial charge in [-0.3, -0.25) is 10.1 Å². The summed E-state index contributed by atoms with van der Waals surface area (Å²) in [4.78, 5) is 28.1. The quantitative estimate of drug-likeness (QED) is 0.484. The van der Waals surface area contributed by atoms with Crippen LogP contribution in [0.5, 0.6) is 5.75 Å². The Hall–Kier alpha value is -2.78. The van der Waals surface area contributed by atoms with E-state index in [2.05, 4.69) is 27.8 Å². The molecule has 1 aromatic rings. The highest BCUT2D eigenvalue weighted by molar-refractivity contribution is 6.02. The van der Waals surface area contributed by atoms with Crippen molar-refractivity contribution in [2.45, 2.75) is 47.6 Å². The average Bonchev–Trinajstić information content (AvgIpc) is 2.73. The summed E-state index contributed by atoms with van der Waals surface area (Å²) in [5, 5.41) is 5.46. The molecule has 2 amide bonds. The van der Waals surface area contributed by atoms with E-state index in [1.54, 1.807) is 32.9 Å². The van der Waals surface area contributed by atoms with E-state index in [-0.39, 0.29) is 13.3 Å². The van der Waals surface area contributed by atoms with Crippen molar-refractivity contribution in [1.82, 2.24) is 4.90 Å². The minimum atomic E-state index is -0.635. The standard InChI is InChI=1S/C20H32N4O4.C2H6.CH5N.CH4/c1-9-18(25)21-14-12-15(22-19(26)28-20(2,3)4)17(27-8)13-16(14)24(7)11-10-23(5)6;2*1-2;/h9,12-13H,1,10-11H2,2-8H3,(H,21,25)(H,22,26);1-2H3;2H2,1H3;1H4. The van der Waals surface area contributed by atoms with Gasteiger partial charge in [0.25, 0.3) is 0 Å². The van der Waals surface area contributed by atoms with E-state index in [0.717, 1.165) is 18.8 Å². The topological polar surface area (TPSA) is 109 Å². The number of ether oxygens (including phenoxy) is 2. The number of hydrogen-bond acceptors (Lipinski definition) is 7. The van der Waals surface area contributed by atoms with Crippen molar-refractivity contribution in [3.8, 4) is 5.75 Å². The lowest BCUT2D eigenvalue weighted by Gasteiger charge is -2.26. The molecule has 1 aromatic carbocycles. The third-order valence-corrected chi connectivity index (χ3v) is 3.69. The predicted octanol–water partition coefficient (Wildman–Crippen LogP) is 4.40. The summed E-state index contributed by atoms with van der Waals surface area (Å²) in [6, 6.07) is 3.41. The van der Waals surface area contributed by atoms with Crippen molar-refractivity contribution in [3.63, 3.8) is 0 Å². The summed E-state index contributed by atoms with van der Waals surface area (Å²) < 4.78 is 10.7. The normalized spacial score (nSPS) is 9.70. The fourth-order valence-corrected chi connectivity index (χ4v) is 2.32. The number of benzene rings is 1. The Morgan fingerprint density at radius 2 is 1.61 bits per heavy atom. The van der Waals surface area contributed by atoms with Crippen LogP contribution >= 0.6 is 0 Å². The van der Waals surface area contributed by atoms with Crippen molar-refractivity contribution in [2.24, 2.45) is 5.73 Å². The Bertz CT molecular complexity index is 716. The molecule has 9 nitrogen and oxygen atoms in total. The van der Waals surface area contributed by atoms with E-state index in [0.29, 0.717) is 17.1 Å². The van der Waals surface area contributed by atoms with Crippen LogP contribution in [0, 0.1) is 0 Å². The van der Waals surface area contributed by atoms with Crippen molar-refractivity contribution in [3.05, 3.63) is 24.8 Å². The Labute approximate surface area is 201 Å². The molecule has 0 aliphatic heterocycles. The van der Waals surface area contributed by atoms with Crippen molar-refractivity contribution in [1.29, 1.82) is 0 Å². The number of nitrogens with one attached hydrogen (secondary N) is 2. The van der Waals surface area contributed by atoms with Gasteiger partial charge in [0.05, 0.1) is 24.2 Å². The van der Waals surface area contributed by atoms with E-state index in [1.807, 2.05) is 39.9 Å². The Morgan fingerprint density at radius 3 is 2.03 bits per heavy atom. The third kappa shape index (κ3) is 14.1. The molecule has 0 aliphatic carbocycles. The van der Waals surface area contributed by atoms with Gasteiger partial charge in [-0.15, -0.1) is 0 Å². The number of nitrogens with zero attached hydrogens (tertiary/aromatic N) is 2. The van der Waals surface area contributed by atoms with Crippen molar-refractivity contribution in [2.75, 3.05) is 63.9 Å². The molecule has 0 fully saturated rings. The molecule has 0 spiro atoms. The molecular weight excluding hydrogens is 422 g/mol. The minimum absolute atomic E-state index is 0. The van der Waals surface area contributed by atoms with Crippen LogP contribution in [0.2, 0.25) is 0 Å². The first-order valence-electron chi connectivity index (χ1n) is 10.6. The fraction of sp³-hybridized carbons (Fsp3) is 0.583. The van der Waals surface area contributed by atoms with Gasteiger partial charge in [0.15, 0.2) is 0 Å². The number of nitrogens with two attached hydrogens (primary N) is 1. The zero-order valence-electron chi connectivity index (χ0n) is 21.5. The van der Waals surface area contributed by atoms with Crippen molar-refractivity contribution >= 4 is 29.1 Å². The maximum Gasteiger partial charge on any atom is 0.412 e. The monoisotopic (exact) mass is 469 g/mol. The molecule has 0 aliphatic rings. The molecule has 192 valence electrons. The fourth-order valence-electron chi connectivity index (χ4n) is 2.32. The number of amides is 2. The van der Waals surface area contributed by atoms with Crippen LogP contribution in [0.15, 0.2) is 24.8 Å². The third-order valence-electron chi connectivity index (χ3n) is 3.69. The molecule has 4 N–H and O–H groups in total. The van der Waals surface area contributed by atoms with Gasteiger partial charge >= 0.3 is 6.09 Å². The summed E-state index contributed by atoms with van der Waals surface area (Å²) in [5.74, 6) is 0.102. The Kier molecular flexibility index (Phi) is 18.7. The second-order valence-electron chi connectivity index (χ2n) is 7.61. The van der Waals surface area contributed by atoms with Crippen LogP contribution in [0.3, 0.4) is 0 Å². The summed E-state index contributed by atoms with van der Waals surface area (Å²) in [6.07, 6.45) is 0.579. The molecule has 0 atom stereocenters. The lowest BCUT2D eigenvalue weighted by Crippen LogP contribution is -2.29. The van der Waals surface area contributed by atoms with Gasteiger partial charge in [0, 0.05) is 26.2 Å². The van der Waals surface area contributed by atoms with Crippen LogP contribution in [0.4, 0.5) is 21.9 Å². The first kappa shape index (κ1) is 34.8. The SMILES string of the molecule is C.C=CC(=O)Nc1cc(NC(=O)OC(C)(C)C)c(OC)cc1N(C)CCN(C)C.CC.CN. The van der Waals surface area contributed by atoms with Crippen LogP contribution in [0.1, 0.15) is 42.0 Å². The lowest BCUT2D eigenvalue weighted by atomic mass is 10.2. The van der Waals surface area contributed by atoms with Crippen LogP contribution in [-0.2, 0) is 9.53 Å². The molecule has 0 radical (unpaired) electrons. The summed E-state index contributed by atoms with van der Waals surface area (Å²) in [5.41, 5.74) is 5.53. The predicted molar refractivity (Wildman–Crippen MR) is 142 cm³/mol. The smallest absolute Gasteiger partial charge is 0.412 e. The second-order valence-corrected chi connectivity index (χ2v) is 7.61. The average molecular weight is 470 g/mol. The van der Waals surface area contributed by atoms with Gasteiger partial charge in [-0.05, 0) is 54.1 Å². The Balaban J connectivity index is -0.00000170. The number of likely N-dealkylation sites (N-methyl/N-ethyl adjacent to an activating group) is 2. The second kappa shape index (κ2) is 17.7. The lowest BCUT2D eigenvalue weighted by molar-refractivity contribution is -0.111. The maximum absolute atomic E-state index is 12.2. The van der Waals surface area contributed by atoms with E-state index in [9.17, 15) is 9.59 Å². The summed E-state index contributed by atoms with van der Waals surface area (Å²) >= 11 is 0. The highest BCUT2D eigenvalue weighted by atomic mass is 16.6. The molecule has 0 heterocycles. The minimum Gasteiger partial charge on any atom is -0.494 e. The molecule has 1 rings (SSSR count). The first-order chi connectivity index (χ1) is 15.0. The zero-order chi connectivity index (χ0) is 25.5. The highest BCUT2D eigenvalue weighted by Gasteiger charge is 2.20. The van der Waals surface area contributed by atoms with Crippen LogP contribution in [0.25, 0.3) is 0 Å². The summed E-state index contributed by atoms with van der Waals surface area (Å²) in [7, 11) is 8.91. The molecule has 0 aromatic heterocycles. The van der Waals surface area contributed by atoms with Crippen molar-refractivity contribution < 1.29 is 19.1 Å². The van der Waals surface area contributed by atoms with E-state index in [1.165, 1.54) is 20.2 Å². The number of rotatable bonds is 8. The molecule has 9 heteroatoms. The largest absolute Gasteiger partial charge is 0.494 e. The van der Waals surface area contributed by atoms with E-state index in [4.69, 9.17) is 9.47 Å². The van der Waals surface area contributed by atoms with E-state index < -0.39 is 11.7 Å². The number of hydrogen-bond donors (Lipinski definition) is 3. The number of anilines is 3. The van der Waals surface area contributed by atoms with Gasteiger partial charge in [-0.25, -0.2) is 4.79 Å². The van der Waals surface area contributed by atoms with E-state index >= 15 is 0 Å². The van der Waals surface area contributed by atoms with Gasteiger partial charge < -0.3 is 30.3 Å². The van der Waals surface area contributed by atoms with Gasteiger partial charge in [0.2, 0.25) is 5.91 Å². The number of carbonyl (C=O) groups is 2. The molecule has 33 heavy (non-hydrogen) atoms. The molecule has 0 unspecified atom stereocenters. The van der Waals surface area contributed by atoms with Gasteiger partial charge in [-0.1, -0.05) is 27.9 Å². The van der Waals surface area contributed by atoms with Gasteiger partial charge in [-0.2, -0.15) is 0 Å². The molecule has 0 bridgehead atoms. The zero-order valence-corrected chi connectivity index (χ0v) is 21.5. The summed E-state index contributed by atoms with van der Waals surface area (Å²) in [6.45, 7) is 14.4. The van der Waals surface area contributed by atoms with Gasteiger partial charge in [0.1, 0.15) is 11.4 Å². The number of carbonyl (C=O) groups excluding carboxylic acids is 2. The number of methoxy groups -OCH3 is 1. The molecule has 0 saturated carbocycles. The molecular formula is C24H47N5O4. The first-order valence-corrected chi connectivity index (χ1v) is 10.6. The van der Waals surface area contributed by atoms with Crippen LogP contribution in [-0.4, -0.2) is 70.9 Å².